The van der Waals surface area contributed by atoms with Crippen LogP contribution in [0, 0.1) is 23.7 Å². The Morgan fingerprint density at radius 2 is 1.28 bits per heavy atom. The maximum absolute atomic E-state index is 5.46. The Balaban J connectivity index is 0.000000136. The molecule has 0 aromatic heterocycles. The van der Waals surface area contributed by atoms with Crippen molar-refractivity contribution in [1.82, 2.24) is 0 Å². The van der Waals surface area contributed by atoms with Crippen molar-refractivity contribution in [3.05, 3.63) is 0 Å². The topological polar surface area (TPSA) is 43.5 Å². The van der Waals surface area contributed by atoms with Crippen LogP contribution >= 0.6 is 0 Å². The predicted octanol–water partition coefficient (Wildman–Crippen LogP) is 4.31. The maximum atomic E-state index is 5.46. The molecule has 0 aromatic rings. The van der Waals surface area contributed by atoms with Crippen molar-refractivity contribution in [2.75, 3.05) is 40.6 Å². The third kappa shape index (κ3) is 7.94. The zero-order valence-corrected chi connectivity index (χ0v) is 16.9. The van der Waals surface area contributed by atoms with E-state index in [2.05, 4.69) is 23.3 Å². The minimum Gasteiger partial charge on any atom is -0.381 e. The molecule has 2 bridgehead atoms. The molecule has 4 nitrogen and oxygen atoms in total. The highest BCUT2D eigenvalue weighted by atomic mass is 16.6. The van der Waals surface area contributed by atoms with Crippen molar-refractivity contribution in [3.8, 4) is 0 Å². The molecule has 0 amide bonds. The minimum atomic E-state index is 0.554. The molecule has 5 fully saturated rings. The lowest BCUT2D eigenvalue weighted by atomic mass is 9.88. The number of methoxy groups -OCH3 is 2. The Kier molecular flexibility index (Phi) is 9.75. The van der Waals surface area contributed by atoms with Gasteiger partial charge >= 0.3 is 0 Å². The second kappa shape index (κ2) is 11.5. The molecule has 2 heterocycles. The molecule has 0 aromatic carbocycles. The minimum absolute atomic E-state index is 0.554. The van der Waals surface area contributed by atoms with Gasteiger partial charge in [0.05, 0.1) is 38.6 Å². The fourth-order valence-corrected chi connectivity index (χ4v) is 4.57. The van der Waals surface area contributed by atoms with Crippen LogP contribution < -0.4 is 0 Å². The molecule has 6 unspecified atom stereocenters. The first kappa shape index (κ1) is 21.1. The monoisotopic (exact) mass is 356 g/mol. The molecule has 5 rings (SSSR count). The first-order valence-corrected chi connectivity index (χ1v) is 10.4. The fraction of sp³-hybridized carbons (Fsp3) is 1.00. The average Bonchev–Trinajstić information content (AvgIpc) is 3.55. The first-order chi connectivity index (χ1) is 12.2. The molecule has 3 aliphatic carbocycles. The fourth-order valence-electron chi connectivity index (χ4n) is 4.57. The standard InChI is InChI=1S/C9H16O.C8H16O.2C2H4O/c1-6-7-3-4-8(5-7)9(6)10-2;1-7-5-3-4-6-8(7)9-2;2*1-2-3-1/h6-9H,3-5H2,1-2H3;7-8H,3-6H2,1-2H3;2*1-2H2. The van der Waals surface area contributed by atoms with Gasteiger partial charge in [0, 0.05) is 14.2 Å². The number of epoxide rings is 2. The molecular formula is C21H40O4. The largest absolute Gasteiger partial charge is 0.381 e. The van der Waals surface area contributed by atoms with Crippen LogP contribution in [0.3, 0.4) is 0 Å². The summed E-state index contributed by atoms with van der Waals surface area (Å²) in [6.07, 6.45) is 10.9. The summed E-state index contributed by atoms with van der Waals surface area (Å²) in [4.78, 5) is 0. The van der Waals surface area contributed by atoms with Crippen molar-refractivity contribution in [2.45, 2.75) is 71.0 Å². The first-order valence-electron chi connectivity index (χ1n) is 10.4. The number of fused-ring (bicyclic) bond motifs is 2. The average molecular weight is 357 g/mol. The Morgan fingerprint density at radius 1 is 0.720 bits per heavy atom. The van der Waals surface area contributed by atoms with Gasteiger partial charge in [0.2, 0.25) is 0 Å². The second-order valence-electron chi connectivity index (χ2n) is 8.15. The van der Waals surface area contributed by atoms with E-state index in [1.807, 2.05) is 14.2 Å². The van der Waals surface area contributed by atoms with Crippen molar-refractivity contribution in [2.24, 2.45) is 23.7 Å². The van der Waals surface area contributed by atoms with Crippen LogP contribution in [0.2, 0.25) is 0 Å². The summed E-state index contributed by atoms with van der Waals surface area (Å²) in [7, 11) is 3.69. The zero-order valence-electron chi connectivity index (χ0n) is 16.9. The van der Waals surface area contributed by atoms with Gasteiger partial charge in [-0.1, -0.05) is 26.7 Å². The quantitative estimate of drug-likeness (QED) is 0.692. The van der Waals surface area contributed by atoms with Crippen LogP contribution in [0.1, 0.15) is 58.8 Å². The zero-order chi connectivity index (χ0) is 18.1. The number of hydrogen-bond donors (Lipinski definition) is 0. The van der Waals surface area contributed by atoms with Gasteiger partial charge in [-0.25, -0.2) is 0 Å². The Hall–Kier alpha value is -0.160. The Bertz CT molecular complexity index is 331. The second-order valence-corrected chi connectivity index (χ2v) is 8.15. The van der Waals surface area contributed by atoms with Gasteiger partial charge in [-0.15, -0.1) is 0 Å². The summed E-state index contributed by atoms with van der Waals surface area (Å²) < 4.78 is 19.8. The molecule has 0 radical (unpaired) electrons. The van der Waals surface area contributed by atoms with E-state index in [4.69, 9.17) is 9.47 Å². The van der Waals surface area contributed by atoms with Gasteiger partial charge in [0.1, 0.15) is 0 Å². The van der Waals surface area contributed by atoms with E-state index in [1.54, 1.807) is 0 Å². The van der Waals surface area contributed by atoms with E-state index in [-0.39, 0.29) is 0 Å². The van der Waals surface area contributed by atoms with E-state index in [1.165, 1.54) is 44.9 Å². The lowest BCUT2D eigenvalue weighted by Gasteiger charge is -2.26. The summed E-state index contributed by atoms with van der Waals surface area (Å²) in [6.45, 7) is 8.63. The smallest absolute Gasteiger partial charge is 0.0701 e. The summed E-state index contributed by atoms with van der Waals surface area (Å²) in [5, 5.41) is 0. The highest BCUT2D eigenvalue weighted by Crippen LogP contribution is 2.49. The lowest BCUT2D eigenvalue weighted by Crippen LogP contribution is -2.26. The van der Waals surface area contributed by atoms with Gasteiger partial charge in [0.15, 0.2) is 0 Å². The Labute approximate surface area is 154 Å². The van der Waals surface area contributed by atoms with E-state index in [0.717, 1.165) is 50.1 Å². The summed E-state index contributed by atoms with van der Waals surface area (Å²) >= 11 is 0. The van der Waals surface area contributed by atoms with Crippen LogP contribution in [0.4, 0.5) is 0 Å². The molecule has 2 aliphatic heterocycles. The SMILES string of the molecule is C1CO1.C1CO1.COC1C2CCC(C2)C1C.COC1CCCCC1C. The van der Waals surface area contributed by atoms with E-state index >= 15 is 0 Å². The van der Waals surface area contributed by atoms with Gasteiger partial charge in [-0.05, 0) is 55.8 Å². The van der Waals surface area contributed by atoms with Crippen LogP contribution in [-0.2, 0) is 18.9 Å². The van der Waals surface area contributed by atoms with Crippen molar-refractivity contribution >= 4 is 0 Å². The predicted molar refractivity (Wildman–Crippen MR) is 101 cm³/mol. The summed E-state index contributed by atoms with van der Waals surface area (Å²) in [5.74, 6) is 3.53. The highest BCUT2D eigenvalue weighted by Gasteiger charge is 2.45. The molecule has 6 atom stereocenters. The molecule has 2 saturated heterocycles. The molecule has 4 heteroatoms. The van der Waals surface area contributed by atoms with E-state index in [9.17, 15) is 0 Å². The number of rotatable bonds is 2. The van der Waals surface area contributed by atoms with Crippen molar-refractivity contribution in [1.29, 1.82) is 0 Å². The highest BCUT2D eigenvalue weighted by molar-refractivity contribution is 4.95. The third-order valence-electron chi connectivity index (χ3n) is 6.26. The molecule has 148 valence electrons. The normalized spacial score (nSPS) is 39.8. The van der Waals surface area contributed by atoms with Crippen molar-refractivity contribution in [3.63, 3.8) is 0 Å². The molecule has 3 saturated carbocycles. The third-order valence-corrected chi connectivity index (χ3v) is 6.26. The van der Waals surface area contributed by atoms with Gasteiger partial charge in [0.25, 0.3) is 0 Å². The molecular weight excluding hydrogens is 316 g/mol. The van der Waals surface area contributed by atoms with E-state index in [0.29, 0.717) is 12.2 Å². The van der Waals surface area contributed by atoms with Gasteiger partial charge in [-0.3, -0.25) is 0 Å². The molecule has 25 heavy (non-hydrogen) atoms. The van der Waals surface area contributed by atoms with Crippen LogP contribution in [0.25, 0.3) is 0 Å². The maximum Gasteiger partial charge on any atom is 0.0701 e. The van der Waals surface area contributed by atoms with E-state index < -0.39 is 0 Å². The summed E-state index contributed by atoms with van der Waals surface area (Å²) in [5.41, 5.74) is 0. The molecule has 0 N–H and O–H groups in total. The lowest BCUT2D eigenvalue weighted by molar-refractivity contribution is 0.0209. The Morgan fingerprint density at radius 3 is 1.60 bits per heavy atom. The molecule has 5 aliphatic rings. The van der Waals surface area contributed by atoms with Crippen molar-refractivity contribution < 1.29 is 18.9 Å². The van der Waals surface area contributed by atoms with Gasteiger partial charge < -0.3 is 18.9 Å². The number of hydrogen-bond acceptors (Lipinski definition) is 4. The van der Waals surface area contributed by atoms with Gasteiger partial charge in [-0.2, -0.15) is 0 Å². The number of ether oxygens (including phenoxy) is 4. The molecule has 0 spiro atoms. The van der Waals surface area contributed by atoms with Crippen LogP contribution in [0.15, 0.2) is 0 Å². The van der Waals surface area contributed by atoms with Crippen LogP contribution in [-0.4, -0.2) is 52.9 Å². The van der Waals surface area contributed by atoms with Crippen LogP contribution in [0.5, 0.6) is 0 Å². The summed E-state index contributed by atoms with van der Waals surface area (Å²) in [6, 6.07) is 0.